The number of hydrogen-bond acceptors (Lipinski definition) is 8. The van der Waals surface area contributed by atoms with Gasteiger partial charge in [0.05, 0.1) is 6.33 Å². The van der Waals surface area contributed by atoms with Crippen LogP contribution >= 0.6 is 0 Å². The molecule has 4 aromatic rings. The van der Waals surface area contributed by atoms with Gasteiger partial charge < -0.3 is 25.5 Å². The predicted molar refractivity (Wildman–Crippen MR) is 124 cm³/mol. The summed E-state index contributed by atoms with van der Waals surface area (Å²) in [6, 6.07) is 5.94. The highest BCUT2D eigenvalue weighted by Gasteiger charge is 2.15. The van der Waals surface area contributed by atoms with Gasteiger partial charge in [-0.05, 0) is 37.6 Å². The van der Waals surface area contributed by atoms with Crippen molar-refractivity contribution in [1.82, 2.24) is 35.2 Å². The van der Waals surface area contributed by atoms with Crippen LogP contribution in [-0.4, -0.2) is 56.1 Å². The highest BCUT2D eigenvalue weighted by atomic mass is 16.1. The van der Waals surface area contributed by atoms with Crippen LogP contribution < -0.4 is 21.1 Å². The van der Waals surface area contributed by atoms with E-state index in [1.807, 2.05) is 32.0 Å². The minimum Gasteiger partial charge on any atom is -0.364 e. The number of fused-ring (bicyclic) bond motifs is 1. The predicted octanol–water partition coefficient (Wildman–Crippen LogP) is 1.74. The van der Waals surface area contributed by atoms with E-state index in [1.54, 1.807) is 12.5 Å². The minimum absolute atomic E-state index is 0.0992. The Morgan fingerprint density at radius 2 is 1.97 bits per heavy atom. The van der Waals surface area contributed by atoms with E-state index >= 15 is 0 Å². The van der Waals surface area contributed by atoms with Crippen molar-refractivity contribution >= 4 is 22.8 Å². The molecule has 0 atom stereocenters. The van der Waals surface area contributed by atoms with Crippen LogP contribution in [0.5, 0.6) is 0 Å². The van der Waals surface area contributed by atoms with Crippen LogP contribution in [0, 0.1) is 13.8 Å². The molecule has 10 nitrogen and oxygen atoms in total. The molecule has 5 heterocycles. The number of H-pyrrole nitrogens is 2. The van der Waals surface area contributed by atoms with Crippen LogP contribution in [0.4, 0.5) is 11.6 Å². The smallest absolute Gasteiger partial charge is 0.253 e. The molecule has 0 radical (unpaired) electrons. The third-order valence-corrected chi connectivity index (χ3v) is 5.66. The van der Waals surface area contributed by atoms with Crippen molar-refractivity contribution in [3.05, 3.63) is 57.9 Å². The fraction of sp³-hybridized carbons (Fsp3) is 0.318. The molecule has 0 spiro atoms. The van der Waals surface area contributed by atoms with E-state index in [-0.39, 0.29) is 5.56 Å². The van der Waals surface area contributed by atoms with E-state index in [9.17, 15) is 4.79 Å². The number of piperazine rings is 1. The highest BCUT2D eigenvalue weighted by Crippen LogP contribution is 2.24. The van der Waals surface area contributed by atoms with Gasteiger partial charge in [-0.1, -0.05) is 0 Å². The van der Waals surface area contributed by atoms with E-state index in [0.717, 1.165) is 48.8 Å². The Bertz CT molecular complexity index is 1300. The molecule has 32 heavy (non-hydrogen) atoms. The van der Waals surface area contributed by atoms with E-state index in [0.29, 0.717) is 34.9 Å². The van der Waals surface area contributed by atoms with Crippen LogP contribution in [0.3, 0.4) is 0 Å². The van der Waals surface area contributed by atoms with Crippen molar-refractivity contribution < 1.29 is 0 Å². The van der Waals surface area contributed by atoms with Crippen LogP contribution in [0.25, 0.3) is 22.6 Å². The summed E-state index contributed by atoms with van der Waals surface area (Å²) in [7, 11) is 0. The number of anilines is 2. The molecule has 0 aliphatic carbocycles. The Morgan fingerprint density at radius 3 is 2.72 bits per heavy atom. The maximum absolute atomic E-state index is 12.4. The highest BCUT2D eigenvalue weighted by molar-refractivity contribution is 5.84. The topological polar surface area (TPSA) is 128 Å². The number of imidazole rings is 1. The summed E-state index contributed by atoms with van der Waals surface area (Å²) >= 11 is 0. The zero-order valence-electron chi connectivity index (χ0n) is 18.1. The molecule has 0 amide bonds. The first-order valence-corrected chi connectivity index (χ1v) is 10.6. The maximum atomic E-state index is 12.4. The van der Waals surface area contributed by atoms with Gasteiger partial charge in [0.1, 0.15) is 11.3 Å². The zero-order chi connectivity index (χ0) is 22.1. The average molecular weight is 432 g/mol. The second kappa shape index (κ2) is 8.39. The van der Waals surface area contributed by atoms with Crippen molar-refractivity contribution in [2.75, 3.05) is 36.4 Å². The molecule has 1 aliphatic heterocycles. The first-order chi connectivity index (χ1) is 15.6. The van der Waals surface area contributed by atoms with E-state index < -0.39 is 0 Å². The van der Waals surface area contributed by atoms with Crippen LogP contribution in [0.2, 0.25) is 0 Å². The van der Waals surface area contributed by atoms with Gasteiger partial charge in [-0.2, -0.15) is 0 Å². The fourth-order valence-electron chi connectivity index (χ4n) is 3.96. The molecule has 0 saturated carbocycles. The second-order valence-electron chi connectivity index (χ2n) is 7.94. The summed E-state index contributed by atoms with van der Waals surface area (Å²) in [6.07, 6.45) is 3.38. The number of pyridine rings is 2. The molecular weight excluding hydrogens is 406 g/mol. The summed E-state index contributed by atoms with van der Waals surface area (Å²) in [5.41, 5.74) is 4.40. The lowest BCUT2D eigenvalue weighted by atomic mass is 10.1. The summed E-state index contributed by atoms with van der Waals surface area (Å²) in [5.74, 6) is 2.07. The van der Waals surface area contributed by atoms with Crippen LogP contribution in [-0.2, 0) is 6.54 Å². The van der Waals surface area contributed by atoms with Crippen molar-refractivity contribution in [1.29, 1.82) is 0 Å². The average Bonchev–Trinajstić information content (AvgIpc) is 3.28. The minimum atomic E-state index is -0.0992. The van der Waals surface area contributed by atoms with Crippen molar-refractivity contribution in [3.8, 4) is 11.4 Å². The number of nitrogens with one attached hydrogen (secondary N) is 4. The molecule has 10 heteroatoms. The molecule has 4 aromatic heterocycles. The molecule has 1 saturated heterocycles. The summed E-state index contributed by atoms with van der Waals surface area (Å²) < 4.78 is 0. The Kier molecular flexibility index (Phi) is 5.28. The van der Waals surface area contributed by atoms with Crippen molar-refractivity contribution in [3.63, 3.8) is 0 Å². The van der Waals surface area contributed by atoms with Gasteiger partial charge in [0.2, 0.25) is 0 Å². The number of aryl methyl sites for hydroxylation is 2. The van der Waals surface area contributed by atoms with Gasteiger partial charge in [0.25, 0.3) is 5.56 Å². The lowest BCUT2D eigenvalue weighted by Gasteiger charge is -2.28. The maximum Gasteiger partial charge on any atom is 0.253 e. The monoisotopic (exact) mass is 431 g/mol. The first kappa shape index (κ1) is 20.1. The van der Waals surface area contributed by atoms with Gasteiger partial charge in [0.15, 0.2) is 17.3 Å². The standard InChI is InChI=1S/C22H25N9O/c1-13-9-14(2)28-22(32)16(13)11-25-20-18-21(27-12-26-18)30-19(29-20)15-3-4-17(24-10-15)31-7-5-23-6-8-31/h3-4,9-10,12,23H,5-8,11H2,1-2H3,(H,28,32)(H2,25,26,27,29,30). The Morgan fingerprint density at radius 1 is 1.12 bits per heavy atom. The number of aromatic amines is 2. The van der Waals surface area contributed by atoms with Crippen LogP contribution in [0.15, 0.2) is 35.5 Å². The van der Waals surface area contributed by atoms with E-state index in [4.69, 9.17) is 4.98 Å². The molecule has 4 N–H and O–H groups in total. The Hall–Kier alpha value is -3.79. The Labute approximate surface area is 184 Å². The van der Waals surface area contributed by atoms with E-state index in [2.05, 4.69) is 40.5 Å². The normalized spacial score (nSPS) is 14.1. The van der Waals surface area contributed by atoms with E-state index in [1.165, 1.54) is 0 Å². The number of aromatic nitrogens is 6. The molecule has 1 aliphatic rings. The molecular formula is C22H25N9O. The third kappa shape index (κ3) is 3.92. The summed E-state index contributed by atoms with van der Waals surface area (Å²) in [5, 5.41) is 6.63. The number of rotatable bonds is 5. The van der Waals surface area contributed by atoms with Gasteiger partial charge in [-0.3, -0.25) is 4.79 Å². The number of hydrogen-bond donors (Lipinski definition) is 4. The lowest BCUT2D eigenvalue weighted by Crippen LogP contribution is -2.43. The van der Waals surface area contributed by atoms with Gasteiger partial charge >= 0.3 is 0 Å². The van der Waals surface area contributed by atoms with Gasteiger partial charge in [-0.15, -0.1) is 0 Å². The van der Waals surface area contributed by atoms with Crippen molar-refractivity contribution in [2.24, 2.45) is 0 Å². The van der Waals surface area contributed by atoms with Gasteiger partial charge in [-0.25, -0.2) is 19.9 Å². The molecule has 0 bridgehead atoms. The Balaban J connectivity index is 1.44. The van der Waals surface area contributed by atoms with Crippen molar-refractivity contribution in [2.45, 2.75) is 20.4 Å². The molecule has 164 valence electrons. The lowest BCUT2D eigenvalue weighted by molar-refractivity contribution is 0.585. The SMILES string of the molecule is Cc1cc(C)c(CNc2nc(-c3ccc(N4CCNCC4)nc3)nc3nc[nH]c23)c(=O)[nH]1. The third-order valence-electron chi connectivity index (χ3n) is 5.66. The zero-order valence-corrected chi connectivity index (χ0v) is 18.1. The summed E-state index contributed by atoms with van der Waals surface area (Å²) in [6.45, 7) is 7.94. The molecule has 0 unspecified atom stereocenters. The summed E-state index contributed by atoms with van der Waals surface area (Å²) in [4.78, 5) is 38.8. The quantitative estimate of drug-likeness (QED) is 0.376. The fourth-order valence-corrected chi connectivity index (χ4v) is 3.96. The number of nitrogens with zero attached hydrogens (tertiary/aromatic N) is 5. The largest absolute Gasteiger partial charge is 0.364 e. The molecule has 1 fully saturated rings. The molecule has 0 aromatic carbocycles. The van der Waals surface area contributed by atoms with Crippen LogP contribution in [0.1, 0.15) is 16.8 Å². The first-order valence-electron chi connectivity index (χ1n) is 10.6. The molecule has 5 rings (SSSR count). The second-order valence-corrected chi connectivity index (χ2v) is 7.94. The van der Waals surface area contributed by atoms with Gasteiger partial charge in [0, 0.05) is 55.7 Å².